The lowest BCUT2D eigenvalue weighted by atomic mass is 9.71. The highest BCUT2D eigenvalue weighted by Crippen LogP contribution is 2.41. The topological polar surface area (TPSA) is 80.7 Å². The van der Waals surface area contributed by atoms with E-state index in [1.807, 2.05) is 108 Å². The minimum atomic E-state index is -0.914. The third kappa shape index (κ3) is 11.8. The lowest BCUT2D eigenvalue weighted by molar-refractivity contribution is -0.126. The summed E-state index contributed by atoms with van der Waals surface area (Å²) in [5.41, 5.74) is 7.37. The monoisotopic (exact) mass is 700 g/mol. The van der Waals surface area contributed by atoms with Gasteiger partial charge in [-0.15, -0.1) is 0 Å². The number of ether oxygens (including phenoxy) is 1. The van der Waals surface area contributed by atoms with E-state index in [-0.39, 0.29) is 22.4 Å². The second kappa shape index (κ2) is 18.6. The number of rotatable bonds is 12. The number of esters is 1. The van der Waals surface area contributed by atoms with Crippen LogP contribution < -0.4 is 0 Å². The van der Waals surface area contributed by atoms with Gasteiger partial charge in [-0.2, -0.15) is 0 Å². The van der Waals surface area contributed by atoms with Crippen molar-refractivity contribution in [2.75, 3.05) is 0 Å². The highest BCUT2D eigenvalue weighted by Gasteiger charge is 2.40. The van der Waals surface area contributed by atoms with Crippen LogP contribution in [0.15, 0.2) is 160 Å². The van der Waals surface area contributed by atoms with E-state index in [0.717, 1.165) is 33.4 Å². The van der Waals surface area contributed by atoms with Crippen LogP contribution >= 0.6 is 0 Å². The first-order valence-electron chi connectivity index (χ1n) is 18.0. The number of aliphatic hydroxyl groups excluding tert-OH is 1. The lowest BCUT2D eigenvalue weighted by Crippen LogP contribution is -2.39. The van der Waals surface area contributed by atoms with Gasteiger partial charge >= 0.3 is 5.97 Å². The van der Waals surface area contributed by atoms with Crippen LogP contribution in [0.3, 0.4) is 0 Å². The van der Waals surface area contributed by atoms with Crippen LogP contribution in [0.2, 0.25) is 0 Å². The van der Waals surface area contributed by atoms with Crippen molar-refractivity contribution in [2.24, 2.45) is 10.8 Å². The molecule has 0 aliphatic heterocycles. The highest BCUT2D eigenvalue weighted by atomic mass is 16.5. The van der Waals surface area contributed by atoms with E-state index in [9.17, 15) is 19.5 Å². The summed E-state index contributed by atoms with van der Waals surface area (Å²) in [6.45, 7) is 20.0. The minimum Gasteiger partial charge on any atom is -0.450 e. The van der Waals surface area contributed by atoms with E-state index < -0.39 is 18.2 Å². The molecule has 2 atom stereocenters. The Balaban J connectivity index is 1.55. The minimum absolute atomic E-state index is 0.148. The molecule has 52 heavy (non-hydrogen) atoms. The fourth-order valence-corrected chi connectivity index (χ4v) is 6.46. The molecule has 274 valence electrons. The first kappa shape index (κ1) is 41.5. The molecule has 1 aromatic carbocycles. The number of benzene rings is 1. The van der Waals surface area contributed by atoms with Crippen molar-refractivity contribution in [1.29, 1.82) is 0 Å². The molecule has 0 spiro atoms. The zero-order valence-corrected chi connectivity index (χ0v) is 32.6. The molecular formula is C47H56O5. The molecule has 0 saturated heterocycles. The number of hydrogen-bond donors (Lipinski definition) is 1. The molecular weight excluding hydrogens is 645 g/mol. The van der Waals surface area contributed by atoms with Gasteiger partial charge in [0.1, 0.15) is 6.10 Å². The molecule has 0 bridgehead atoms. The van der Waals surface area contributed by atoms with Gasteiger partial charge in [-0.25, -0.2) is 4.79 Å². The predicted molar refractivity (Wildman–Crippen MR) is 215 cm³/mol. The van der Waals surface area contributed by atoms with Gasteiger partial charge in [0.25, 0.3) is 0 Å². The second-order valence-corrected chi connectivity index (χ2v) is 15.2. The van der Waals surface area contributed by atoms with E-state index in [1.54, 1.807) is 31.2 Å². The summed E-state index contributed by atoms with van der Waals surface area (Å²) in [6.07, 6.45) is 27.5. The van der Waals surface area contributed by atoms with Gasteiger partial charge in [-0.05, 0) is 93.2 Å². The van der Waals surface area contributed by atoms with Crippen LogP contribution in [0.1, 0.15) is 92.4 Å². The normalized spacial score (nSPS) is 22.4. The maximum absolute atomic E-state index is 13.2. The number of allylic oxidation sites excluding steroid dienone is 20. The van der Waals surface area contributed by atoms with Crippen LogP contribution in [0, 0.1) is 10.8 Å². The Labute approximate surface area is 311 Å². The Bertz CT molecular complexity index is 1860. The summed E-state index contributed by atoms with van der Waals surface area (Å²) in [7, 11) is 0. The fourth-order valence-electron chi connectivity index (χ4n) is 6.46. The maximum atomic E-state index is 13.2. The molecule has 0 aromatic heterocycles. The van der Waals surface area contributed by atoms with Crippen molar-refractivity contribution in [3.63, 3.8) is 0 Å². The van der Waals surface area contributed by atoms with E-state index in [1.165, 1.54) is 0 Å². The molecule has 0 heterocycles. The van der Waals surface area contributed by atoms with Crippen molar-refractivity contribution in [2.45, 2.75) is 94.3 Å². The number of carbonyl (C=O) groups excluding carboxylic acids is 3. The number of aliphatic hydroxyl groups is 1. The largest absolute Gasteiger partial charge is 0.450 e. The maximum Gasteiger partial charge on any atom is 0.338 e. The molecule has 5 nitrogen and oxygen atoms in total. The van der Waals surface area contributed by atoms with Gasteiger partial charge in [0, 0.05) is 6.42 Å². The second-order valence-electron chi connectivity index (χ2n) is 15.2. The Morgan fingerprint density at radius 3 is 1.58 bits per heavy atom. The van der Waals surface area contributed by atoms with Crippen LogP contribution in [-0.2, 0) is 14.3 Å². The first-order valence-corrected chi connectivity index (χ1v) is 18.0. The molecule has 0 fully saturated rings. The molecule has 1 aromatic rings. The summed E-state index contributed by atoms with van der Waals surface area (Å²) < 4.78 is 5.65. The zero-order chi connectivity index (χ0) is 38.6. The molecule has 0 amide bonds. The van der Waals surface area contributed by atoms with Gasteiger partial charge in [-0.1, -0.05) is 153 Å². The number of Topliss-reactive ketones (excluding diaryl/α,β-unsaturated/α-hetero) is 2. The van der Waals surface area contributed by atoms with E-state index >= 15 is 0 Å². The Morgan fingerprint density at radius 2 is 1.08 bits per heavy atom. The molecule has 2 aliphatic rings. The highest BCUT2D eigenvalue weighted by molar-refractivity contribution is 6.03. The van der Waals surface area contributed by atoms with Crippen LogP contribution in [0.25, 0.3) is 0 Å². The third-order valence-corrected chi connectivity index (χ3v) is 9.55. The van der Waals surface area contributed by atoms with Crippen LogP contribution in [0.5, 0.6) is 0 Å². The van der Waals surface area contributed by atoms with Gasteiger partial charge in [-0.3, -0.25) is 9.59 Å². The van der Waals surface area contributed by atoms with Gasteiger partial charge in [0.05, 0.1) is 5.56 Å². The van der Waals surface area contributed by atoms with Crippen molar-refractivity contribution >= 4 is 17.5 Å². The first-order chi connectivity index (χ1) is 24.4. The Hall–Kier alpha value is -4.87. The van der Waals surface area contributed by atoms with Gasteiger partial charge in [0.2, 0.25) is 0 Å². The van der Waals surface area contributed by atoms with Crippen LogP contribution in [-0.4, -0.2) is 34.9 Å². The summed E-state index contributed by atoms with van der Waals surface area (Å²) >= 11 is 0. The Kier molecular flexibility index (Phi) is 14.8. The molecule has 1 N–H and O–H groups in total. The van der Waals surface area contributed by atoms with Gasteiger partial charge < -0.3 is 9.84 Å². The molecule has 0 saturated carbocycles. The average molecular weight is 701 g/mol. The van der Waals surface area contributed by atoms with E-state index in [2.05, 4.69) is 45.9 Å². The van der Waals surface area contributed by atoms with Crippen molar-refractivity contribution in [3.8, 4) is 0 Å². The van der Waals surface area contributed by atoms with Crippen molar-refractivity contribution in [3.05, 3.63) is 166 Å². The smallest absolute Gasteiger partial charge is 0.338 e. The van der Waals surface area contributed by atoms with E-state index in [4.69, 9.17) is 4.74 Å². The average Bonchev–Trinajstić information content (AvgIpc) is 3.07. The number of hydrogen-bond acceptors (Lipinski definition) is 5. The number of carbonyl (C=O) groups is 3. The molecule has 2 unspecified atom stereocenters. The summed E-state index contributed by atoms with van der Waals surface area (Å²) in [5, 5.41) is 10.1. The Morgan fingerprint density at radius 1 is 0.654 bits per heavy atom. The molecule has 2 aliphatic carbocycles. The molecule has 0 radical (unpaired) electrons. The van der Waals surface area contributed by atoms with Gasteiger partial charge in [0.15, 0.2) is 17.7 Å². The number of ketones is 2. The SMILES string of the molecule is CC1=C(/C=C/C(C)=C/C=C/C(C)=C/C=C/C=C(C)/C=C/C=C(C)/C=C/C2=C(C)C(=O)C(OC(=O)c3ccccc3)CC2(C)C)C(C)(C)CC(O)C1=O. The van der Waals surface area contributed by atoms with Crippen LogP contribution in [0.4, 0.5) is 0 Å². The third-order valence-electron chi connectivity index (χ3n) is 9.55. The lowest BCUT2D eigenvalue weighted by Gasteiger charge is -2.36. The zero-order valence-electron chi connectivity index (χ0n) is 32.6. The summed E-state index contributed by atoms with van der Waals surface area (Å²) in [5.74, 6) is -0.807. The molecule has 3 rings (SSSR count). The standard InChI is InChI=1S/C47H56O5/c1-32(20-16-22-34(3)26-28-39-36(5)43(49)41(48)30-46(39,7)8)18-14-15-19-33(2)21-17-23-35(4)27-29-40-37(6)44(50)42(31-47(40,9)10)52-45(51)38-24-12-11-13-25-38/h11-29,41-42,48H,30-31H2,1-10H3/b15-14+,20-16+,21-17+,28-26+,29-27+,32-18+,33-19+,34-22+,35-23+. The fraction of sp³-hybridized carbons (Fsp3) is 0.340. The summed E-state index contributed by atoms with van der Waals surface area (Å²) in [4.78, 5) is 38.1. The predicted octanol–water partition coefficient (Wildman–Crippen LogP) is 10.8. The van der Waals surface area contributed by atoms with Crippen molar-refractivity contribution in [1.82, 2.24) is 0 Å². The quantitative estimate of drug-likeness (QED) is 0.173. The molecule has 5 heteroatoms. The summed E-state index contributed by atoms with van der Waals surface area (Å²) in [6, 6.07) is 8.76. The van der Waals surface area contributed by atoms with E-state index in [0.29, 0.717) is 29.6 Å². The van der Waals surface area contributed by atoms with Crippen molar-refractivity contribution < 1.29 is 24.2 Å².